The molecular formula is C26H39N2O5+. The van der Waals surface area contributed by atoms with E-state index >= 15 is 0 Å². The van der Waals surface area contributed by atoms with Gasteiger partial charge in [0, 0.05) is 37.4 Å². The van der Waals surface area contributed by atoms with E-state index in [1.54, 1.807) is 28.4 Å². The van der Waals surface area contributed by atoms with Gasteiger partial charge in [0.05, 0.1) is 48.6 Å². The van der Waals surface area contributed by atoms with Crippen molar-refractivity contribution in [2.75, 3.05) is 55.1 Å². The van der Waals surface area contributed by atoms with Crippen LogP contribution in [0.2, 0.25) is 0 Å². The SMILES string of the molecule is COc1ccc(CC[N+](C)(CCCNC(=O)C(C)C)c2ccc(OC)c(OC)c2)cc1OC. The highest BCUT2D eigenvalue weighted by atomic mass is 16.5. The van der Waals surface area contributed by atoms with Crippen molar-refractivity contribution in [3.05, 3.63) is 42.0 Å². The van der Waals surface area contributed by atoms with E-state index in [2.05, 4.69) is 24.5 Å². The van der Waals surface area contributed by atoms with E-state index in [0.29, 0.717) is 22.5 Å². The first kappa shape index (κ1) is 26.3. The van der Waals surface area contributed by atoms with Crippen molar-refractivity contribution >= 4 is 11.6 Å². The Morgan fingerprint density at radius 1 is 0.848 bits per heavy atom. The van der Waals surface area contributed by atoms with Gasteiger partial charge in [-0.15, -0.1) is 0 Å². The summed E-state index contributed by atoms with van der Waals surface area (Å²) in [6.45, 7) is 6.18. The fourth-order valence-electron chi connectivity index (χ4n) is 3.79. The minimum atomic E-state index is -0.0122. The molecule has 182 valence electrons. The maximum absolute atomic E-state index is 11.9. The van der Waals surface area contributed by atoms with E-state index in [4.69, 9.17) is 18.9 Å². The highest BCUT2D eigenvalue weighted by molar-refractivity contribution is 5.77. The van der Waals surface area contributed by atoms with Crippen molar-refractivity contribution in [1.29, 1.82) is 0 Å². The van der Waals surface area contributed by atoms with E-state index in [1.807, 2.05) is 38.1 Å². The molecule has 0 saturated carbocycles. The molecular weight excluding hydrogens is 420 g/mol. The first-order chi connectivity index (χ1) is 15.8. The summed E-state index contributed by atoms with van der Waals surface area (Å²) in [6, 6.07) is 12.1. The summed E-state index contributed by atoms with van der Waals surface area (Å²) >= 11 is 0. The summed E-state index contributed by atoms with van der Waals surface area (Å²) in [5.41, 5.74) is 2.30. The van der Waals surface area contributed by atoms with E-state index in [-0.39, 0.29) is 11.8 Å². The van der Waals surface area contributed by atoms with Gasteiger partial charge in [0.25, 0.3) is 0 Å². The molecule has 7 nitrogen and oxygen atoms in total. The number of carbonyl (C=O) groups excluding carboxylic acids is 1. The third kappa shape index (κ3) is 7.02. The van der Waals surface area contributed by atoms with Crippen LogP contribution >= 0.6 is 0 Å². The number of methoxy groups -OCH3 is 4. The second kappa shape index (κ2) is 12.3. The van der Waals surface area contributed by atoms with Gasteiger partial charge in [0.15, 0.2) is 23.0 Å². The zero-order valence-electron chi connectivity index (χ0n) is 21.1. The minimum absolute atomic E-state index is 0.0122. The molecule has 0 heterocycles. The Morgan fingerprint density at radius 2 is 1.42 bits per heavy atom. The van der Waals surface area contributed by atoms with Gasteiger partial charge < -0.3 is 24.3 Å². The molecule has 1 unspecified atom stereocenters. The number of hydrogen-bond donors (Lipinski definition) is 1. The van der Waals surface area contributed by atoms with Gasteiger partial charge in [-0.1, -0.05) is 19.9 Å². The van der Waals surface area contributed by atoms with Crippen LogP contribution in [0.1, 0.15) is 25.8 Å². The second-order valence-corrected chi connectivity index (χ2v) is 8.62. The van der Waals surface area contributed by atoms with Crippen LogP contribution in [-0.2, 0) is 11.2 Å². The van der Waals surface area contributed by atoms with Crippen molar-refractivity contribution in [2.45, 2.75) is 26.7 Å². The van der Waals surface area contributed by atoms with Gasteiger partial charge in [0.1, 0.15) is 5.69 Å². The lowest BCUT2D eigenvalue weighted by atomic mass is 10.1. The molecule has 33 heavy (non-hydrogen) atoms. The molecule has 7 heteroatoms. The fourth-order valence-corrected chi connectivity index (χ4v) is 3.79. The first-order valence-corrected chi connectivity index (χ1v) is 11.3. The van der Waals surface area contributed by atoms with E-state index in [0.717, 1.165) is 43.1 Å². The molecule has 0 radical (unpaired) electrons. The van der Waals surface area contributed by atoms with Crippen molar-refractivity contribution < 1.29 is 23.7 Å². The average molecular weight is 460 g/mol. The molecule has 2 aromatic carbocycles. The second-order valence-electron chi connectivity index (χ2n) is 8.62. The third-order valence-electron chi connectivity index (χ3n) is 5.98. The highest BCUT2D eigenvalue weighted by Crippen LogP contribution is 2.34. The maximum Gasteiger partial charge on any atom is 0.222 e. The Kier molecular flexibility index (Phi) is 9.85. The summed E-state index contributed by atoms with van der Waals surface area (Å²) in [7, 11) is 8.79. The molecule has 0 aromatic heterocycles. The van der Waals surface area contributed by atoms with Gasteiger partial charge in [-0.25, -0.2) is 0 Å². The Balaban J connectivity index is 2.23. The topological polar surface area (TPSA) is 66.0 Å². The molecule has 1 amide bonds. The van der Waals surface area contributed by atoms with Crippen LogP contribution < -0.4 is 28.7 Å². The summed E-state index contributed by atoms with van der Waals surface area (Å²) in [5, 5.41) is 3.02. The van der Waals surface area contributed by atoms with Crippen molar-refractivity contribution in [1.82, 2.24) is 9.80 Å². The van der Waals surface area contributed by atoms with Crippen LogP contribution in [0.5, 0.6) is 23.0 Å². The zero-order chi connectivity index (χ0) is 24.4. The van der Waals surface area contributed by atoms with Crippen molar-refractivity contribution in [3.8, 4) is 23.0 Å². The maximum atomic E-state index is 11.9. The number of nitrogens with one attached hydrogen (secondary N) is 1. The van der Waals surface area contributed by atoms with Crippen LogP contribution in [0, 0.1) is 5.92 Å². The quantitative estimate of drug-likeness (QED) is 0.361. The lowest BCUT2D eigenvalue weighted by Crippen LogP contribution is -2.48. The minimum Gasteiger partial charge on any atom is -0.493 e. The number of ether oxygens (including phenoxy) is 4. The molecule has 0 spiro atoms. The summed E-state index contributed by atoms with van der Waals surface area (Å²) in [4.78, 5) is 11.9. The first-order valence-electron chi connectivity index (χ1n) is 11.3. The predicted octanol–water partition coefficient (Wildman–Crippen LogP) is 4.06. The Hall–Kier alpha value is -2.93. The number of amides is 1. The van der Waals surface area contributed by atoms with Crippen LogP contribution in [0.3, 0.4) is 0 Å². The van der Waals surface area contributed by atoms with Crippen molar-refractivity contribution in [3.63, 3.8) is 0 Å². The van der Waals surface area contributed by atoms with Crippen LogP contribution in [0.15, 0.2) is 36.4 Å². The Labute approximate surface area is 198 Å². The molecule has 0 bridgehead atoms. The van der Waals surface area contributed by atoms with Gasteiger partial charge in [-0.2, -0.15) is 0 Å². The molecule has 0 fully saturated rings. The number of nitrogens with zero attached hydrogens (tertiary/aromatic N) is 1. The van der Waals surface area contributed by atoms with E-state index in [9.17, 15) is 4.79 Å². The number of rotatable bonds is 13. The standard InChI is InChI=1S/C26H38N2O5/c1-19(2)26(29)27-14-8-15-28(3,21-10-12-23(31-5)25(18-21)33-7)16-13-20-9-11-22(30-4)24(17-20)32-6/h9-12,17-19H,8,13-16H2,1-7H3/p+1. The van der Waals surface area contributed by atoms with Crippen molar-refractivity contribution in [2.24, 2.45) is 5.92 Å². The fraction of sp³-hybridized carbons (Fsp3) is 0.500. The lowest BCUT2D eigenvalue weighted by Gasteiger charge is -2.35. The molecule has 2 rings (SSSR count). The number of quaternary nitrogens is 1. The Bertz CT molecular complexity index is 916. The molecule has 0 aliphatic carbocycles. The summed E-state index contributed by atoms with van der Waals surface area (Å²) in [6.07, 6.45) is 1.71. The third-order valence-corrected chi connectivity index (χ3v) is 5.98. The number of carbonyl (C=O) groups is 1. The number of benzene rings is 2. The van der Waals surface area contributed by atoms with Gasteiger partial charge in [-0.3, -0.25) is 9.28 Å². The molecule has 2 aromatic rings. The van der Waals surface area contributed by atoms with Gasteiger partial charge in [0.2, 0.25) is 5.91 Å². The summed E-state index contributed by atoms with van der Waals surface area (Å²) < 4.78 is 22.5. The number of likely N-dealkylation sites (N-methyl/N-ethyl adjacent to an activating group) is 1. The van der Waals surface area contributed by atoms with Gasteiger partial charge >= 0.3 is 0 Å². The Morgan fingerprint density at radius 3 is 2.00 bits per heavy atom. The molecule has 1 atom stereocenters. The normalized spacial score (nSPS) is 12.7. The molecule has 0 aliphatic heterocycles. The molecule has 0 aliphatic rings. The summed E-state index contributed by atoms with van der Waals surface area (Å²) in [5.74, 6) is 2.93. The molecule has 1 N–H and O–H groups in total. The smallest absolute Gasteiger partial charge is 0.222 e. The molecule has 0 saturated heterocycles. The number of hydrogen-bond acceptors (Lipinski definition) is 5. The van der Waals surface area contributed by atoms with Crippen LogP contribution in [0.25, 0.3) is 0 Å². The van der Waals surface area contributed by atoms with Crippen LogP contribution in [-0.4, -0.2) is 61.0 Å². The predicted molar refractivity (Wildman–Crippen MR) is 133 cm³/mol. The average Bonchev–Trinajstić information content (AvgIpc) is 2.84. The monoisotopic (exact) mass is 459 g/mol. The van der Waals surface area contributed by atoms with E-state index in [1.165, 1.54) is 5.56 Å². The lowest BCUT2D eigenvalue weighted by molar-refractivity contribution is -0.123. The van der Waals surface area contributed by atoms with Gasteiger partial charge in [-0.05, 0) is 23.8 Å². The zero-order valence-corrected chi connectivity index (χ0v) is 21.1. The van der Waals surface area contributed by atoms with Crippen LogP contribution in [0.4, 0.5) is 5.69 Å². The van der Waals surface area contributed by atoms with E-state index < -0.39 is 0 Å². The largest absolute Gasteiger partial charge is 0.493 e. The highest BCUT2D eigenvalue weighted by Gasteiger charge is 2.26.